The molecule has 0 saturated carbocycles. The molecule has 0 aromatic heterocycles. The Labute approximate surface area is 120 Å². The van der Waals surface area contributed by atoms with Gasteiger partial charge in [-0.1, -0.05) is 13.8 Å². The molecule has 0 aromatic rings. The summed E-state index contributed by atoms with van der Waals surface area (Å²) in [5.74, 6) is 0. The van der Waals surface area contributed by atoms with Crippen molar-refractivity contribution in [1.29, 1.82) is 0 Å². The molecule has 0 aromatic carbocycles. The van der Waals surface area contributed by atoms with Crippen molar-refractivity contribution < 1.29 is 0 Å². The quantitative estimate of drug-likeness (QED) is 0.827. The molecule has 3 nitrogen and oxygen atoms in total. The van der Waals surface area contributed by atoms with Crippen LogP contribution in [0.3, 0.4) is 0 Å². The minimum absolute atomic E-state index is 0.216. The third-order valence-corrected chi connectivity index (χ3v) is 3.89. The monoisotopic (exact) mass is 269 g/mol. The highest BCUT2D eigenvalue weighted by molar-refractivity contribution is 4.83. The first-order chi connectivity index (χ1) is 8.59. The molecule has 0 radical (unpaired) electrons. The van der Waals surface area contributed by atoms with Crippen LogP contribution < -0.4 is 5.32 Å². The standard InChI is InChI=1S/C16H35N3/c1-14(2)19-10-8-18(9-11-19)13-16(6,7)12-17-15(3,4)5/h14,17H,8-13H2,1-7H3. The number of nitrogens with one attached hydrogen (secondary N) is 1. The van der Waals surface area contributed by atoms with Gasteiger partial charge in [0.1, 0.15) is 0 Å². The number of hydrogen-bond acceptors (Lipinski definition) is 3. The summed E-state index contributed by atoms with van der Waals surface area (Å²) in [4.78, 5) is 5.21. The van der Waals surface area contributed by atoms with Crippen molar-refractivity contribution in [2.45, 2.75) is 60.0 Å². The first-order valence-corrected chi connectivity index (χ1v) is 7.80. The van der Waals surface area contributed by atoms with Gasteiger partial charge in [-0.15, -0.1) is 0 Å². The molecule has 19 heavy (non-hydrogen) atoms. The van der Waals surface area contributed by atoms with E-state index >= 15 is 0 Å². The van der Waals surface area contributed by atoms with E-state index < -0.39 is 0 Å². The van der Waals surface area contributed by atoms with Gasteiger partial charge in [-0.05, 0) is 40.0 Å². The number of nitrogens with zero attached hydrogens (tertiary/aromatic N) is 2. The zero-order valence-electron chi connectivity index (χ0n) is 14.2. The van der Waals surface area contributed by atoms with Crippen LogP contribution in [-0.2, 0) is 0 Å². The molecule has 0 unspecified atom stereocenters. The van der Waals surface area contributed by atoms with Gasteiger partial charge in [0.05, 0.1) is 0 Å². The first kappa shape index (κ1) is 16.9. The molecule has 0 aliphatic carbocycles. The summed E-state index contributed by atoms with van der Waals surface area (Å²) in [6.45, 7) is 23.2. The van der Waals surface area contributed by atoms with Crippen LogP contribution in [-0.4, -0.2) is 60.6 Å². The van der Waals surface area contributed by atoms with Crippen molar-refractivity contribution in [1.82, 2.24) is 15.1 Å². The van der Waals surface area contributed by atoms with Crippen LogP contribution in [0.4, 0.5) is 0 Å². The Morgan fingerprint density at radius 3 is 1.89 bits per heavy atom. The van der Waals surface area contributed by atoms with Gasteiger partial charge in [0.2, 0.25) is 0 Å². The molecule has 1 aliphatic heterocycles. The van der Waals surface area contributed by atoms with Crippen molar-refractivity contribution in [3.05, 3.63) is 0 Å². The number of piperazine rings is 1. The zero-order valence-corrected chi connectivity index (χ0v) is 14.2. The van der Waals surface area contributed by atoms with Gasteiger partial charge in [-0.2, -0.15) is 0 Å². The van der Waals surface area contributed by atoms with E-state index in [1.165, 1.54) is 32.7 Å². The Kier molecular flexibility index (Phi) is 5.84. The molecule has 1 N–H and O–H groups in total. The maximum absolute atomic E-state index is 3.64. The molecule has 1 saturated heterocycles. The summed E-state index contributed by atoms with van der Waals surface area (Å²) >= 11 is 0. The molecule has 114 valence electrons. The SMILES string of the molecule is CC(C)N1CCN(CC(C)(C)CNC(C)(C)C)CC1. The van der Waals surface area contributed by atoms with Crippen molar-refractivity contribution in [3.8, 4) is 0 Å². The normalized spacial score (nSPS) is 20.2. The molecule has 0 bridgehead atoms. The Balaban J connectivity index is 2.34. The van der Waals surface area contributed by atoms with Gasteiger partial charge >= 0.3 is 0 Å². The van der Waals surface area contributed by atoms with Crippen LogP contribution in [0.2, 0.25) is 0 Å². The maximum Gasteiger partial charge on any atom is 0.0113 e. The molecule has 1 aliphatic rings. The molecule has 0 spiro atoms. The van der Waals surface area contributed by atoms with Crippen LogP contribution >= 0.6 is 0 Å². The van der Waals surface area contributed by atoms with E-state index in [2.05, 4.69) is 63.6 Å². The summed E-state index contributed by atoms with van der Waals surface area (Å²) in [6.07, 6.45) is 0. The minimum Gasteiger partial charge on any atom is -0.311 e. The lowest BCUT2D eigenvalue weighted by molar-refractivity contribution is 0.0783. The van der Waals surface area contributed by atoms with Gasteiger partial charge in [0.25, 0.3) is 0 Å². The molecule has 1 heterocycles. The van der Waals surface area contributed by atoms with Crippen molar-refractivity contribution in [2.24, 2.45) is 5.41 Å². The third-order valence-electron chi connectivity index (χ3n) is 3.89. The topological polar surface area (TPSA) is 18.5 Å². The van der Waals surface area contributed by atoms with Crippen LogP contribution in [0.1, 0.15) is 48.5 Å². The summed E-state index contributed by atoms with van der Waals surface area (Å²) in [7, 11) is 0. The van der Waals surface area contributed by atoms with E-state index in [0.717, 1.165) is 6.54 Å². The van der Waals surface area contributed by atoms with Crippen molar-refractivity contribution in [3.63, 3.8) is 0 Å². The molecule has 1 fully saturated rings. The maximum atomic E-state index is 3.64. The molecular formula is C16H35N3. The smallest absolute Gasteiger partial charge is 0.0113 e. The van der Waals surface area contributed by atoms with Gasteiger partial charge in [-0.3, -0.25) is 4.90 Å². The fraction of sp³-hybridized carbons (Fsp3) is 1.00. The fourth-order valence-electron chi connectivity index (χ4n) is 2.60. The predicted molar refractivity (Wildman–Crippen MR) is 84.7 cm³/mol. The fourth-order valence-corrected chi connectivity index (χ4v) is 2.60. The van der Waals surface area contributed by atoms with E-state index in [1.807, 2.05) is 0 Å². The van der Waals surface area contributed by atoms with E-state index in [9.17, 15) is 0 Å². The number of rotatable bonds is 5. The second kappa shape index (κ2) is 6.55. The van der Waals surface area contributed by atoms with E-state index in [-0.39, 0.29) is 5.54 Å². The van der Waals surface area contributed by atoms with E-state index in [1.54, 1.807) is 0 Å². The summed E-state index contributed by atoms with van der Waals surface area (Å²) < 4.78 is 0. The minimum atomic E-state index is 0.216. The average molecular weight is 269 g/mol. The lowest BCUT2D eigenvalue weighted by atomic mass is 9.91. The lowest BCUT2D eigenvalue weighted by Crippen LogP contribution is -2.53. The van der Waals surface area contributed by atoms with Gasteiger partial charge < -0.3 is 10.2 Å². The van der Waals surface area contributed by atoms with Crippen LogP contribution in [0, 0.1) is 5.41 Å². The Bertz CT molecular complexity index is 258. The zero-order chi connectivity index (χ0) is 14.7. The van der Waals surface area contributed by atoms with E-state index in [0.29, 0.717) is 11.5 Å². The third kappa shape index (κ3) is 6.73. The molecule has 0 amide bonds. The largest absolute Gasteiger partial charge is 0.311 e. The van der Waals surface area contributed by atoms with Crippen molar-refractivity contribution in [2.75, 3.05) is 39.3 Å². The Hall–Kier alpha value is -0.120. The summed E-state index contributed by atoms with van der Waals surface area (Å²) in [5.41, 5.74) is 0.556. The molecule has 0 atom stereocenters. The predicted octanol–water partition coefficient (Wildman–Crippen LogP) is 2.43. The summed E-state index contributed by atoms with van der Waals surface area (Å²) in [6, 6.07) is 0.692. The second-order valence-corrected chi connectivity index (χ2v) is 8.17. The van der Waals surface area contributed by atoms with Crippen molar-refractivity contribution >= 4 is 0 Å². The van der Waals surface area contributed by atoms with Gasteiger partial charge in [-0.25, -0.2) is 0 Å². The molecule has 3 heteroatoms. The first-order valence-electron chi connectivity index (χ1n) is 7.80. The van der Waals surface area contributed by atoms with E-state index in [4.69, 9.17) is 0 Å². The van der Waals surface area contributed by atoms with Crippen LogP contribution in [0.15, 0.2) is 0 Å². The van der Waals surface area contributed by atoms with Crippen LogP contribution in [0.25, 0.3) is 0 Å². The summed E-state index contributed by atoms with van der Waals surface area (Å²) in [5, 5.41) is 3.64. The van der Waals surface area contributed by atoms with Crippen LogP contribution in [0.5, 0.6) is 0 Å². The number of hydrogen-bond donors (Lipinski definition) is 1. The molecule has 1 rings (SSSR count). The van der Waals surface area contributed by atoms with Gasteiger partial charge in [0.15, 0.2) is 0 Å². The molecular weight excluding hydrogens is 234 g/mol. The Morgan fingerprint density at radius 1 is 0.947 bits per heavy atom. The van der Waals surface area contributed by atoms with Gasteiger partial charge in [0, 0.05) is 50.8 Å². The lowest BCUT2D eigenvalue weighted by Gasteiger charge is -2.41. The average Bonchev–Trinajstić information content (AvgIpc) is 2.26. The second-order valence-electron chi connectivity index (χ2n) is 8.17. The highest BCUT2D eigenvalue weighted by Gasteiger charge is 2.26. The Morgan fingerprint density at radius 2 is 1.47 bits per heavy atom. The highest BCUT2D eigenvalue weighted by atomic mass is 15.3. The highest BCUT2D eigenvalue weighted by Crippen LogP contribution is 2.19.